The summed E-state index contributed by atoms with van der Waals surface area (Å²) in [5.41, 5.74) is 3.02. The number of aromatic nitrogens is 2. The zero-order valence-electron chi connectivity index (χ0n) is 15.9. The molecule has 150 valence electrons. The molecule has 0 unspecified atom stereocenters. The van der Waals surface area contributed by atoms with Gasteiger partial charge in [-0.15, -0.1) is 17.9 Å². The summed E-state index contributed by atoms with van der Waals surface area (Å²) >= 11 is 2.91. The summed E-state index contributed by atoms with van der Waals surface area (Å²) in [6, 6.07) is 16.6. The van der Waals surface area contributed by atoms with Gasteiger partial charge in [-0.3, -0.25) is 9.36 Å². The molecule has 0 aliphatic heterocycles. The van der Waals surface area contributed by atoms with Crippen LogP contribution in [0.4, 0.5) is 0 Å². The lowest BCUT2D eigenvalue weighted by molar-refractivity contribution is 0.0697. The maximum Gasteiger partial charge on any atom is 0.335 e. The third-order valence-corrected chi connectivity index (χ3v) is 6.54. The molecule has 2 aromatic heterocycles. The Hall–Kier alpha value is -3.16. The molecule has 0 fully saturated rings. The van der Waals surface area contributed by atoms with Gasteiger partial charge in [0.1, 0.15) is 4.83 Å². The van der Waals surface area contributed by atoms with E-state index in [9.17, 15) is 9.59 Å². The first-order valence-corrected chi connectivity index (χ1v) is 11.1. The highest BCUT2D eigenvalue weighted by Crippen LogP contribution is 2.32. The number of nitrogens with zero attached hydrogens (tertiary/aromatic N) is 2. The maximum absolute atomic E-state index is 13.3. The minimum Gasteiger partial charge on any atom is -0.478 e. The summed E-state index contributed by atoms with van der Waals surface area (Å²) in [5.74, 6) is -0.376. The molecule has 4 rings (SSSR count). The summed E-state index contributed by atoms with van der Waals surface area (Å²) < 4.78 is 1.64. The lowest BCUT2D eigenvalue weighted by Gasteiger charge is -2.11. The third-order valence-electron chi connectivity index (χ3n) is 4.62. The quantitative estimate of drug-likeness (QED) is 0.243. The Morgan fingerprint density at radius 2 is 1.90 bits per heavy atom. The van der Waals surface area contributed by atoms with Gasteiger partial charge in [0.15, 0.2) is 5.16 Å². The monoisotopic (exact) mass is 434 g/mol. The molecule has 0 atom stereocenters. The first-order valence-electron chi connectivity index (χ1n) is 9.22. The van der Waals surface area contributed by atoms with E-state index in [1.54, 1.807) is 34.9 Å². The molecule has 0 aliphatic rings. The van der Waals surface area contributed by atoms with Gasteiger partial charge in [0.2, 0.25) is 0 Å². The van der Waals surface area contributed by atoms with Gasteiger partial charge < -0.3 is 5.11 Å². The van der Waals surface area contributed by atoms with E-state index in [1.165, 1.54) is 23.1 Å². The van der Waals surface area contributed by atoms with Crippen molar-refractivity contribution < 1.29 is 9.90 Å². The molecule has 0 saturated carbocycles. The smallest absolute Gasteiger partial charge is 0.335 e. The highest BCUT2D eigenvalue weighted by atomic mass is 32.2. The fourth-order valence-electron chi connectivity index (χ4n) is 3.13. The van der Waals surface area contributed by atoms with Crippen LogP contribution in [0.15, 0.2) is 82.6 Å². The van der Waals surface area contributed by atoms with Gasteiger partial charge in [-0.1, -0.05) is 60.3 Å². The molecule has 1 N–H and O–H groups in total. The molecule has 0 spiro atoms. The zero-order valence-corrected chi connectivity index (χ0v) is 17.6. The van der Waals surface area contributed by atoms with Crippen molar-refractivity contribution >= 4 is 39.3 Å². The molecule has 2 heterocycles. The van der Waals surface area contributed by atoms with E-state index in [2.05, 4.69) is 6.58 Å². The van der Waals surface area contributed by atoms with Crippen LogP contribution in [0.25, 0.3) is 21.3 Å². The fraction of sp³-hybridized carbons (Fsp3) is 0.0870. The maximum atomic E-state index is 13.3. The average molecular weight is 435 g/mol. The van der Waals surface area contributed by atoms with E-state index in [4.69, 9.17) is 10.1 Å². The number of hydrogen-bond acceptors (Lipinski definition) is 5. The number of thiophene rings is 1. The van der Waals surface area contributed by atoms with E-state index in [0.717, 1.165) is 16.7 Å². The summed E-state index contributed by atoms with van der Waals surface area (Å²) in [6.07, 6.45) is 1.69. The number of thioether (sulfide) groups is 1. The normalized spacial score (nSPS) is 10.9. The predicted molar refractivity (Wildman–Crippen MR) is 122 cm³/mol. The van der Waals surface area contributed by atoms with Crippen molar-refractivity contribution in [2.45, 2.75) is 17.5 Å². The van der Waals surface area contributed by atoms with Crippen LogP contribution in [-0.4, -0.2) is 20.6 Å². The van der Waals surface area contributed by atoms with Crippen LogP contribution in [0.2, 0.25) is 0 Å². The molecule has 0 saturated heterocycles. The Morgan fingerprint density at radius 3 is 2.57 bits per heavy atom. The van der Waals surface area contributed by atoms with Gasteiger partial charge >= 0.3 is 5.97 Å². The molecule has 5 nitrogen and oxygen atoms in total. The topological polar surface area (TPSA) is 72.2 Å². The second-order valence-corrected chi connectivity index (χ2v) is 8.39. The molecule has 0 radical (unpaired) electrons. The largest absolute Gasteiger partial charge is 0.478 e. The summed E-state index contributed by atoms with van der Waals surface area (Å²) in [5, 5.41) is 12.3. The predicted octanol–water partition coefficient (Wildman–Crippen LogP) is 5.30. The summed E-state index contributed by atoms with van der Waals surface area (Å²) in [7, 11) is 0. The van der Waals surface area contributed by atoms with Crippen LogP contribution >= 0.6 is 23.1 Å². The Morgan fingerprint density at radius 1 is 1.17 bits per heavy atom. The van der Waals surface area contributed by atoms with E-state index < -0.39 is 5.97 Å². The Balaban J connectivity index is 1.71. The van der Waals surface area contributed by atoms with Crippen molar-refractivity contribution in [2.24, 2.45) is 0 Å². The Labute approximate surface area is 181 Å². The van der Waals surface area contributed by atoms with Gasteiger partial charge in [0, 0.05) is 23.2 Å². The van der Waals surface area contributed by atoms with Crippen LogP contribution in [0.5, 0.6) is 0 Å². The van der Waals surface area contributed by atoms with Crippen molar-refractivity contribution in [3.63, 3.8) is 0 Å². The molecular formula is C23H18N2O3S2. The lowest BCUT2D eigenvalue weighted by Crippen LogP contribution is -2.22. The van der Waals surface area contributed by atoms with Crippen LogP contribution < -0.4 is 5.56 Å². The molecule has 7 heteroatoms. The van der Waals surface area contributed by atoms with Crippen molar-refractivity contribution in [3.8, 4) is 11.1 Å². The number of benzene rings is 2. The number of hydrogen-bond donors (Lipinski definition) is 1. The van der Waals surface area contributed by atoms with Crippen molar-refractivity contribution in [1.82, 2.24) is 9.55 Å². The standard InChI is InChI=1S/C23H18N2O3S2/c1-2-12-25-21(26)19-18(16-6-4-3-5-7-16)14-29-20(19)24-23(25)30-13-15-8-10-17(11-9-15)22(27)28/h2-11,14H,1,12-13H2,(H,27,28). The van der Waals surface area contributed by atoms with Gasteiger partial charge in [0.05, 0.1) is 10.9 Å². The summed E-state index contributed by atoms with van der Waals surface area (Å²) in [6.45, 7) is 4.15. The molecule has 0 amide bonds. The summed E-state index contributed by atoms with van der Waals surface area (Å²) in [4.78, 5) is 29.8. The number of carboxylic acids is 1. The van der Waals surface area contributed by atoms with Crippen molar-refractivity contribution in [3.05, 3.63) is 94.1 Å². The van der Waals surface area contributed by atoms with E-state index in [1.807, 2.05) is 35.7 Å². The van der Waals surface area contributed by atoms with E-state index in [-0.39, 0.29) is 11.1 Å². The second kappa shape index (κ2) is 8.69. The number of aromatic carboxylic acids is 1. The molecule has 0 bridgehead atoms. The first-order chi connectivity index (χ1) is 14.6. The van der Waals surface area contributed by atoms with Crippen LogP contribution in [0, 0.1) is 0 Å². The number of rotatable bonds is 7. The average Bonchev–Trinajstić information content (AvgIpc) is 3.19. The van der Waals surface area contributed by atoms with Crippen LogP contribution in [-0.2, 0) is 12.3 Å². The van der Waals surface area contributed by atoms with Gasteiger partial charge in [0.25, 0.3) is 5.56 Å². The third kappa shape index (κ3) is 3.94. The zero-order chi connectivity index (χ0) is 21.1. The number of fused-ring (bicyclic) bond motifs is 1. The SMILES string of the molecule is C=CCn1c(SCc2ccc(C(=O)O)cc2)nc2scc(-c3ccccc3)c2c1=O. The van der Waals surface area contributed by atoms with Crippen molar-refractivity contribution in [1.29, 1.82) is 0 Å². The molecule has 0 aliphatic carbocycles. The van der Waals surface area contributed by atoms with Gasteiger partial charge in [-0.2, -0.15) is 0 Å². The van der Waals surface area contributed by atoms with Gasteiger partial charge in [-0.05, 0) is 23.3 Å². The van der Waals surface area contributed by atoms with E-state index >= 15 is 0 Å². The first kappa shape index (κ1) is 20.1. The number of allylic oxidation sites excluding steroid dienone is 1. The fourth-order valence-corrected chi connectivity index (χ4v) is 5.08. The molecule has 30 heavy (non-hydrogen) atoms. The lowest BCUT2D eigenvalue weighted by atomic mass is 10.1. The minimum absolute atomic E-state index is 0.0799. The molecule has 2 aromatic carbocycles. The Bertz CT molecular complexity index is 1280. The van der Waals surface area contributed by atoms with Crippen LogP contribution in [0.1, 0.15) is 15.9 Å². The van der Waals surface area contributed by atoms with Crippen molar-refractivity contribution in [2.75, 3.05) is 0 Å². The number of carboxylic acid groups (broad SMARTS) is 1. The van der Waals surface area contributed by atoms with Crippen LogP contribution in [0.3, 0.4) is 0 Å². The van der Waals surface area contributed by atoms with E-state index in [0.29, 0.717) is 27.7 Å². The molecular weight excluding hydrogens is 416 g/mol. The van der Waals surface area contributed by atoms with Gasteiger partial charge in [-0.25, -0.2) is 9.78 Å². The Kier molecular flexibility index (Phi) is 5.83. The highest BCUT2D eigenvalue weighted by Gasteiger charge is 2.17. The number of carbonyl (C=O) groups is 1. The minimum atomic E-state index is -0.951. The second-order valence-electron chi connectivity index (χ2n) is 6.59. The highest BCUT2D eigenvalue weighted by molar-refractivity contribution is 7.98. The molecule has 4 aromatic rings.